The van der Waals surface area contributed by atoms with E-state index in [-0.39, 0.29) is 0 Å². The summed E-state index contributed by atoms with van der Waals surface area (Å²) >= 11 is 0. The van der Waals surface area contributed by atoms with Crippen molar-refractivity contribution in [2.24, 2.45) is 0 Å². The highest BCUT2D eigenvalue weighted by Gasteiger charge is 2.42. The third kappa shape index (κ3) is 2.11. The van der Waals surface area contributed by atoms with Gasteiger partial charge in [0.2, 0.25) is 0 Å². The van der Waals surface area contributed by atoms with Crippen molar-refractivity contribution in [2.75, 3.05) is 0 Å². The molecule has 0 atom stereocenters. The van der Waals surface area contributed by atoms with Gasteiger partial charge in [0.1, 0.15) is 0 Å². The maximum Gasteiger partial charge on any atom is 0.482 e. The first kappa shape index (κ1) is 7.93. The Labute approximate surface area is 47.9 Å². The zero-order valence-corrected chi connectivity index (χ0v) is 4.10. The molecule has 0 N–H and O–H groups in total. The first-order valence-corrected chi connectivity index (χ1v) is 1.76. The molecule has 0 radical (unpaired) electrons. The summed E-state index contributed by atoms with van der Waals surface area (Å²) < 4.78 is 33.5. The van der Waals surface area contributed by atoms with Crippen LogP contribution in [-0.2, 0) is 0 Å². The first-order chi connectivity index (χ1) is 3.85. The lowest BCUT2D eigenvalue weighted by molar-refractivity contribution is -0.458. The van der Waals surface area contributed by atoms with Gasteiger partial charge in [-0.15, -0.1) is 0 Å². The van der Waals surface area contributed by atoms with Crippen LogP contribution in [0.25, 0.3) is 0 Å². The summed E-state index contributed by atoms with van der Waals surface area (Å²) in [5, 5.41) is 9.33. The summed E-state index contributed by atoms with van der Waals surface area (Å²) in [6.07, 6.45) is -4.91. The van der Waals surface area contributed by atoms with E-state index in [1.165, 1.54) is 0 Å². The minimum absolute atomic E-state index is 1.57. The van der Waals surface area contributed by atoms with Crippen molar-refractivity contribution in [3.63, 3.8) is 0 Å². The molecule has 0 aliphatic rings. The topological polar surface area (TPSA) is 43.1 Å². The predicted octanol–water partition coefficient (Wildman–Crippen LogP) is 1.34. The normalized spacial score (nSPS) is 11.0. The number of nitro groups is 1. The Bertz CT molecular complexity index is 150. The molecule has 0 saturated carbocycles. The van der Waals surface area contributed by atoms with Gasteiger partial charge in [0.05, 0.1) is 4.92 Å². The fourth-order valence-electron chi connectivity index (χ4n) is 0.104. The van der Waals surface area contributed by atoms with Crippen LogP contribution in [0.2, 0.25) is 0 Å². The van der Waals surface area contributed by atoms with Crippen molar-refractivity contribution in [2.45, 2.75) is 6.18 Å². The number of hydrogen-bond donors (Lipinski definition) is 0. The highest BCUT2D eigenvalue weighted by atomic mass is 19.4. The van der Waals surface area contributed by atoms with Gasteiger partial charge in [0.25, 0.3) is 0 Å². The molecule has 0 aliphatic heterocycles. The fourth-order valence-corrected chi connectivity index (χ4v) is 0.104. The summed E-state index contributed by atoms with van der Waals surface area (Å²) in [6, 6.07) is 0. The summed E-state index contributed by atoms with van der Waals surface area (Å²) in [7, 11) is 0. The lowest BCUT2D eigenvalue weighted by atomic mass is 10.5. The van der Waals surface area contributed by atoms with Crippen LogP contribution in [0.5, 0.6) is 0 Å². The molecule has 0 rings (SSSR count). The average molecular weight is 141 g/mol. The highest BCUT2D eigenvalue weighted by molar-refractivity contribution is 4.89. The molecule has 9 heavy (non-hydrogen) atoms. The number of nitrogens with zero attached hydrogens (tertiary/aromatic N) is 1. The highest BCUT2D eigenvalue weighted by Crippen LogP contribution is 2.23. The van der Waals surface area contributed by atoms with Gasteiger partial charge in [-0.2, -0.15) is 13.2 Å². The van der Waals surface area contributed by atoms with E-state index in [9.17, 15) is 23.3 Å². The van der Waals surface area contributed by atoms with E-state index in [0.29, 0.717) is 0 Å². The lowest BCUT2D eigenvalue weighted by Crippen LogP contribution is -2.17. The Hall–Kier alpha value is -1.07. The zero-order chi connectivity index (χ0) is 7.65. The molecule has 52 valence electrons. The molecular weight excluding hydrogens is 139 g/mol. The van der Waals surface area contributed by atoms with Crippen molar-refractivity contribution in [3.05, 3.63) is 22.4 Å². The lowest BCUT2D eigenvalue weighted by Gasteiger charge is -1.98. The Morgan fingerprint density at radius 3 is 1.89 bits per heavy atom. The van der Waals surface area contributed by atoms with Crippen molar-refractivity contribution in [1.82, 2.24) is 0 Å². The molecule has 0 aliphatic carbocycles. The third-order valence-corrected chi connectivity index (χ3v) is 0.548. The number of rotatable bonds is 1. The number of allylic oxidation sites excluding steroid dienone is 1. The van der Waals surface area contributed by atoms with Crippen LogP contribution in [0, 0.1) is 10.1 Å². The van der Waals surface area contributed by atoms with Crippen LogP contribution >= 0.6 is 0 Å². The predicted molar refractivity (Wildman–Crippen MR) is 22.2 cm³/mol. The minimum Gasteiger partial charge on any atom is -0.258 e. The van der Waals surface area contributed by atoms with E-state index in [4.69, 9.17) is 0 Å². The van der Waals surface area contributed by atoms with E-state index in [0.717, 1.165) is 0 Å². The summed E-state index contributed by atoms with van der Waals surface area (Å²) in [5.74, 6) is 0. The number of hydrogen-bond acceptors (Lipinski definition) is 2. The van der Waals surface area contributed by atoms with Crippen molar-refractivity contribution in [1.29, 1.82) is 0 Å². The van der Waals surface area contributed by atoms with E-state index in [1.54, 1.807) is 0 Å². The van der Waals surface area contributed by atoms with E-state index >= 15 is 0 Å². The van der Waals surface area contributed by atoms with Gasteiger partial charge in [-0.1, -0.05) is 0 Å². The Balaban J connectivity index is 4.23. The van der Waals surface area contributed by atoms with Crippen molar-refractivity contribution >= 4 is 0 Å². The molecule has 0 aromatic rings. The van der Waals surface area contributed by atoms with Crippen LogP contribution in [-0.4, -0.2) is 11.1 Å². The standard InChI is InChI=1S/C3H2F3NO2/c1-2(7(8)9)3(4,5)6/h1H2. The summed E-state index contributed by atoms with van der Waals surface area (Å²) in [4.78, 5) is 7.76. The molecule has 0 bridgehead atoms. The largest absolute Gasteiger partial charge is 0.482 e. The SMILES string of the molecule is C=C([N+](=O)[O-])C(F)(F)F. The second kappa shape index (κ2) is 2.04. The maximum atomic E-state index is 11.2. The average Bonchev–Trinajstić information content (AvgIpc) is 1.62. The van der Waals surface area contributed by atoms with Gasteiger partial charge < -0.3 is 0 Å². The van der Waals surface area contributed by atoms with Crippen molar-refractivity contribution < 1.29 is 18.1 Å². The van der Waals surface area contributed by atoms with Gasteiger partial charge in [-0.25, -0.2) is 0 Å². The Morgan fingerprint density at radius 2 is 1.89 bits per heavy atom. The van der Waals surface area contributed by atoms with Crippen LogP contribution in [0.4, 0.5) is 13.2 Å². The second-order valence-electron chi connectivity index (χ2n) is 1.20. The number of alkyl halides is 3. The third-order valence-electron chi connectivity index (χ3n) is 0.548. The summed E-state index contributed by atoms with van der Waals surface area (Å²) in [5.41, 5.74) is -1.94. The van der Waals surface area contributed by atoms with Gasteiger partial charge in [-0.3, -0.25) is 10.1 Å². The molecule has 3 nitrogen and oxygen atoms in total. The van der Waals surface area contributed by atoms with E-state index < -0.39 is 16.8 Å². The van der Waals surface area contributed by atoms with Crippen LogP contribution in [0.15, 0.2) is 12.3 Å². The molecule has 0 amide bonds. The fraction of sp³-hybridized carbons (Fsp3) is 0.333. The molecule has 0 spiro atoms. The monoisotopic (exact) mass is 141 g/mol. The molecular formula is C3H2F3NO2. The molecule has 0 unspecified atom stereocenters. The van der Waals surface area contributed by atoms with Gasteiger partial charge in [-0.05, 0) is 6.58 Å². The van der Waals surface area contributed by atoms with Crippen LogP contribution in [0.1, 0.15) is 0 Å². The zero-order valence-electron chi connectivity index (χ0n) is 4.10. The van der Waals surface area contributed by atoms with Gasteiger partial charge in [0, 0.05) is 0 Å². The Kier molecular flexibility index (Phi) is 1.80. The molecule has 0 fully saturated rings. The number of halogens is 3. The summed E-state index contributed by atoms with van der Waals surface area (Å²) in [6.45, 7) is 2.20. The quantitative estimate of drug-likeness (QED) is 0.408. The van der Waals surface area contributed by atoms with Crippen molar-refractivity contribution in [3.8, 4) is 0 Å². The first-order valence-electron chi connectivity index (χ1n) is 1.76. The van der Waals surface area contributed by atoms with Crippen LogP contribution < -0.4 is 0 Å². The molecule has 0 saturated heterocycles. The minimum atomic E-state index is -4.91. The molecule has 0 heterocycles. The van der Waals surface area contributed by atoms with Crippen LogP contribution in [0.3, 0.4) is 0 Å². The second-order valence-corrected chi connectivity index (χ2v) is 1.20. The molecule has 0 aromatic heterocycles. The molecule has 6 heteroatoms. The Morgan fingerprint density at radius 1 is 1.56 bits per heavy atom. The smallest absolute Gasteiger partial charge is 0.258 e. The van der Waals surface area contributed by atoms with Gasteiger partial charge in [0.15, 0.2) is 0 Å². The molecule has 0 aromatic carbocycles. The van der Waals surface area contributed by atoms with Gasteiger partial charge >= 0.3 is 11.9 Å². The van der Waals surface area contributed by atoms with E-state index in [1.807, 2.05) is 0 Å². The maximum absolute atomic E-state index is 11.2. The van der Waals surface area contributed by atoms with E-state index in [2.05, 4.69) is 6.58 Å².